The number of hydrogen-bond acceptors (Lipinski definition) is 4. The molecule has 7 heteroatoms. The third kappa shape index (κ3) is 12.0. The zero-order valence-electron chi connectivity index (χ0n) is 23.4. The monoisotopic (exact) mass is 538 g/mol. The van der Waals surface area contributed by atoms with Gasteiger partial charge in [-0.05, 0) is 65.1 Å². The lowest BCUT2D eigenvalue weighted by atomic mass is 9.94. The van der Waals surface area contributed by atoms with Crippen molar-refractivity contribution in [2.24, 2.45) is 16.1 Å². The van der Waals surface area contributed by atoms with Crippen LogP contribution in [0.1, 0.15) is 56.7 Å². The standard InChI is InChI=1S/C24H21F3.C7H13NO.CH3NO/c1-17(16-18(2)20-12-14-23(15-13-20)24(25,26)27)19-8-10-22(11-9-19)21-6-4-3-5-7-21;1-6(2)4-7(5-9)8-3;1-2-3/h3-16,18H,1-2H3;5-6H,4H2,1-3H3;1H3/b17-16+;;. The molecule has 3 aromatic carbocycles. The van der Waals surface area contributed by atoms with Crippen LogP contribution in [0.15, 0.2) is 95.1 Å². The normalized spacial score (nSPS) is 12.5. The summed E-state index contributed by atoms with van der Waals surface area (Å²) in [5.41, 5.74) is 5.44. The molecule has 208 valence electrons. The molecule has 0 spiro atoms. The van der Waals surface area contributed by atoms with Gasteiger partial charge in [0.2, 0.25) is 0 Å². The van der Waals surface area contributed by atoms with Crippen molar-refractivity contribution < 1.29 is 18.0 Å². The van der Waals surface area contributed by atoms with E-state index in [9.17, 15) is 18.0 Å². The summed E-state index contributed by atoms with van der Waals surface area (Å²) < 4.78 is 38.1. The summed E-state index contributed by atoms with van der Waals surface area (Å²) in [4.78, 5) is 22.5. The van der Waals surface area contributed by atoms with Crippen LogP contribution < -0.4 is 0 Å². The van der Waals surface area contributed by atoms with Crippen LogP contribution in [0.25, 0.3) is 16.7 Å². The van der Waals surface area contributed by atoms with Crippen LogP contribution in [-0.4, -0.2) is 26.1 Å². The minimum atomic E-state index is -4.30. The molecule has 0 radical (unpaired) electrons. The molecule has 0 heterocycles. The van der Waals surface area contributed by atoms with E-state index >= 15 is 0 Å². The fourth-order valence-electron chi connectivity index (χ4n) is 3.71. The number of aldehydes is 1. The Hall–Kier alpha value is -3.87. The number of nitroso groups, excluding NO2 is 1. The fraction of sp³-hybridized carbons (Fsp3) is 0.312. The van der Waals surface area contributed by atoms with Crippen molar-refractivity contribution in [3.63, 3.8) is 0 Å². The first-order valence-corrected chi connectivity index (χ1v) is 12.6. The number of aliphatic imine (C=N–C) groups is 1. The van der Waals surface area contributed by atoms with Gasteiger partial charge in [-0.1, -0.05) is 98.8 Å². The zero-order chi connectivity index (χ0) is 29.4. The molecule has 0 aliphatic heterocycles. The highest BCUT2D eigenvalue weighted by atomic mass is 19.4. The van der Waals surface area contributed by atoms with Gasteiger partial charge in [0, 0.05) is 7.05 Å². The minimum absolute atomic E-state index is 0.0288. The van der Waals surface area contributed by atoms with Crippen LogP contribution in [0, 0.1) is 10.8 Å². The fourth-order valence-corrected chi connectivity index (χ4v) is 3.71. The Kier molecular flexibility index (Phi) is 14.3. The molecule has 0 saturated carbocycles. The topological polar surface area (TPSA) is 58.9 Å². The molecule has 0 bridgehead atoms. The van der Waals surface area contributed by atoms with Crippen molar-refractivity contribution in [1.29, 1.82) is 0 Å². The summed E-state index contributed by atoms with van der Waals surface area (Å²) in [6, 6.07) is 23.9. The highest BCUT2D eigenvalue weighted by molar-refractivity contribution is 6.28. The Balaban J connectivity index is 0.000000534. The van der Waals surface area contributed by atoms with Gasteiger partial charge in [0.15, 0.2) is 6.29 Å². The number of carbonyl (C=O) groups excluding carboxylic acids is 1. The van der Waals surface area contributed by atoms with Gasteiger partial charge in [0.05, 0.1) is 18.3 Å². The first kappa shape index (κ1) is 33.2. The highest BCUT2D eigenvalue weighted by Gasteiger charge is 2.30. The maximum absolute atomic E-state index is 12.7. The smallest absolute Gasteiger partial charge is 0.297 e. The molecule has 3 rings (SSSR count). The summed E-state index contributed by atoms with van der Waals surface area (Å²) >= 11 is 0. The lowest BCUT2D eigenvalue weighted by Gasteiger charge is -2.12. The van der Waals surface area contributed by atoms with Crippen LogP contribution in [0.2, 0.25) is 0 Å². The Bertz CT molecular complexity index is 1200. The first-order chi connectivity index (χ1) is 18.5. The molecule has 1 unspecified atom stereocenters. The van der Waals surface area contributed by atoms with Gasteiger partial charge in [-0.15, -0.1) is 0 Å². The Morgan fingerprint density at radius 2 is 1.36 bits per heavy atom. The number of allylic oxidation sites excluding steroid dienone is 2. The molecule has 0 fully saturated rings. The van der Waals surface area contributed by atoms with Crippen molar-refractivity contribution in [3.8, 4) is 11.1 Å². The largest absolute Gasteiger partial charge is 0.416 e. The molecule has 0 aliphatic carbocycles. The Labute approximate surface area is 229 Å². The summed E-state index contributed by atoms with van der Waals surface area (Å²) in [6.07, 6.45) is -0.603. The van der Waals surface area contributed by atoms with Crippen LogP contribution in [0.3, 0.4) is 0 Å². The molecule has 0 aliphatic rings. The lowest BCUT2D eigenvalue weighted by Crippen LogP contribution is -2.04. The molecular weight excluding hydrogens is 501 g/mol. The molecule has 1 atom stereocenters. The first-order valence-electron chi connectivity index (χ1n) is 12.6. The van der Waals surface area contributed by atoms with Gasteiger partial charge in [0.25, 0.3) is 0 Å². The van der Waals surface area contributed by atoms with E-state index in [-0.39, 0.29) is 5.92 Å². The number of halogens is 3. The van der Waals surface area contributed by atoms with Gasteiger partial charge in [-0.25, -0.2) is 0 Å². The Morgan fingerprint density at radius 3 is 1.77 bits per heavy atom. The number of nitrogens with zero attached hydrogens (tertiary/aromatic N) is 2. The maximum Gasteiger partial charge on any atom is 0.416 e. The second kappa shape index (κ2) is 16.9. The number of carbonyl (C=O) groups is 1. The molecular formula is C32H37F3N2O2. The van der Waals surface area contributed by atoms with E-state index in [1.165, 1.54) is 12.6 Å². The zero-order valence-corrected chi connectivity index (χ0v) is 23.4. The van der Waals surface area contributed by atoms with Gasteiger partial charge >= 0.3 is 6.18 Å². The van der Waals surface area contributed by atoms with Crippen LogP contribution in [0.4, 0.5) is 13.2 Å². The van der Waals surface area contributed by atoms with Gasteiger partial charge < -0.3 is 0 Å². The molecule has 4 nitrogen and oxygen atoms in total. The summed E-state index contributed by atoms with van der Waals surface area (Å²) in [7, 11) is 2.84. The average molecular weight is 539 g/mol. The molecule has 3 aromatic rings. The van der Waals surface area contributed by atoms with Crippen LogP contribution in [0.5, 0.6) is 0 Å². The van der Waals surface area contributed by atoms with Crippen molar-refractivity contribution in [3.05, 3.63) is 107 Å². The molecule has 39 heavy (non-hydrogen) atoms. The van der Waals surface area contributed by atoms with Gasteiger partial charge in [0.1, 0.15) is 0 Å². The average Bonchev–Trinajstić information content (AvgIpc) is 2.92. The van der Waals surface area contributed by atoms with Crippen molar-refractivity contribution >= 4 is 17.6 Å². The molecule has 0 N–H and O–H groups in total. The molecule has 0 amide bonds. The SMILES string of the molecule is C/C(=C\C(C)c1ccc(C(F)(F)F)cc1)c1ccc(-c2ccccc2)cc1.CN=C(C=O)CC(C)C.CN=O. The lowest BCUT2D eigenvalue weighted by molar-refractivity contribution is -0.137. The van der Waals surface area contributed by atoms with E-state index in [1.807, 2.05) is 32.0 Å². The van der Waals surface area contributed by atoms with E-state index in [2.05, 4.69) is 66.5 Å². The number of rotatable bonds is 7. The van der Waals surface area contributed by atoms with Crippen molar-refractivity contribution in [2.75, 3.05) is 14.1 Å². The second-order valence-corrected chi connectivity index (χ2v) is 9.31. The van der Waals surface area contributed by atoms with E-state index in [1.54, 1.807) is 19.2 Å². The van der Waals surface area contributed by atoms with E-state index in [4.69, 9.17) is 4.91 Å². The predicted molar refractivity (Wildman–Crippen MR) is 156 cm³/mol. The highest BCUT2D eigenvalue weighted by Crippen LogP contribution is 2.31. The van der Waals surface area contributed by atoms with Gasteiger partial charge in [-0.3, -0.25) is 9.79 Å². The molecule has 0 saturated heterocycles. The van der Waals surface area contributed by atoms with Crippen molar-refractivity contribution in [1.82, 2.24) is 0 Å². The minimum Gasteiger partial charge on any atom is -0.297 e. The predicted octanol–water partition coefficient (Wildman–Crippen LogP) is 9.26. The second-order valence-electron chi connectivity index (χ2n) is 9.31. The van der Waals surface area contributed by atoms with Crippen LogP contribution in [-0.2, 0) is 11.0 Å². The third-order valence-corrected chi connectivity index (χ3v) is 5.75. The summed E-state index contributed by atoms with van der Waals surface area (Å²) in [5, 5.41) is 2.25. The number of benzene rings is 3. The third-order valence-electron chi connectivity index (χ3n) is 5.75. The Morgan fingerprint density at radius 1 is 0.846 bits per heavy atom. The molecule has 0 aromatic heterocycles. The number of alkyl halides is 3. The van der Waals surface area contributed by atoms with E-state index < -0.39 is 11.7 Å². The summed E-state index contributed by atoms with van der Waals surface area (Å²) in [6.45, 7) is 8.14. The maximum atomic E-state index is 12.7. The van der Waals surface area contributed by atoms with Crippen LogP contribution >= 0.6 is 0 Å². The quantitative estimate of drug-likeness (QED) is 0.171. The van der Waals surface area contributed by atoms with E-state index in [0.717, 1.165) is 47.1 Å². The van der Waals surface area contributed by atoms with Crippen molar-refractivity contribution in [2.45, 2.75) is 46.2 Å². The van der Waals surface area contributed by atoms with E-state index in [0.29, 0.717) is 11.6 Å². The number of hydrogen-bond donors (Lipinski definition) is 0. The summed E-state index contributed by atoms with van der Waals surface area (Å²) in [5.74, 6) is 0.551. The van der Waals surface area contributed by atoms with Gasteiger partial charge in [-0.2, -0.15) is 18.1 Å².